The minimum absolute atomic E-state index is 0.560. The van der Waals surface area contributed by atoms with Gasteiger partial charge in [0.2, 0.25) is 0 Å². The molecule has 0 fully saturated rings. The molecule has 0 saturated heterocycles. The summed E-state index contributed by atoms with van der Waals surface area (Å²) in [6.45, 7) is 1.24. The second-order valence-electron chi connectivity index (χ2n) is 7.58. The van der Waals surface area contributed by atoms with Crippen LogP contribution in [-0.4, -0.2) is 35.9 Å². The van der Waals surface area contributed by atoms with Gasteiger partial charge in [0.15, 0.2) is 11.5 Å². The second-order valence-corrected chi connectivity index (χ2v) is 7.58. The molecule has 3 aromatic rings. The van der Waals surface area contributed by atoms with E-state index in [-0.39, 0.29) is 0 Å². The van der Waals surface area contributed by atoms with Crippen LogP contribution in [0, 0.1) is 0 Å². The van der Waals surface area contributed by atoms with E-state index in [1.54, 1.807) is 0 Å². The molecule has 0 bridgehead atoms. The van der Waals surface area contributed by atoms with Crippen LogP contribution in [0.2, 0.25) is 0 Å². The molecule has 1 aliphatic carbocycles. The summed E-state index contributed by atoms with van der Waals surface area (Å²) in [5.74, 6) is 1.69. The lowest BCUT2D eigenvalue weighted by molar-refractivity contribution is 0.171. The van der Waals surface area contributed by atoms with Crippen LogP contribution in [0.25, 0.3) is 11.0 Å². The molecule has 1 N–H and O–H groups in total. The van der Waals surface area contributed by atoms with Gasteiger partial charge in [-0.1, -0.05) is 6.07 Å². The fourth-order valence-electron chi connectivity index (χ4n) is 4.46. The molecule has 2 aromatic heterocycles. The molecular weight excluding hydrogens is 338 g/mol. The third-order valence-electron chi connectivity index (χ3n) is 5.92. The molecule has 0 radical (unpaired) electrons. The summed E-state index contributed by atoms with van der Waals surface area (Å²) in [7, 11) is 4.21. The first-order chi connectivity index (χ1) is 13.2. The van der Waals surface area contributed by atoms with Crippen molar-refractivity contribution in [2.75, 3.05) is 20.3 Å². The lowest BCUT2D eigenvalue weighted by Gasteiger charge is -2.22. The summed E-state index contributed by atoms with van der Waals surface area (Å²) in [6.07, 6.45) is 6.25. The average Bonchev–Trinajstić information content (AvgIpc) is 2.99. The minimum atomic E-state index is 0.560. The van der Waals surface area contributed by atoms with Gasteiger partial charge >= 0.3 is 0 Å². The smallest absolute Gasteiger partial charge is 0.161 e. The van der Waals surface area contributed by atoms with E-state index in [2.05, 4.69) is 42.2 Å². The Balaban J connectivity index is 1.50. The van der Waals surface area contributed by atoms with Crippen molar-refractivity contribution in [3.63, 3.8) is 0 Å². The number of aryl methyl sites for hydroxylation is 1. The quantitative estimate of drug-likeness (QED) is 0.777. The van der Waals surface area contributed by atoms with Gasteiger partial charge in [-0.15, -0.1) is 0 Å². The Labute approximate surface area is 159 Å². The van der Waals surface area contributed by atoms with Gasteiger partial charge in [0, 0.05) is 30.4 Å². The average molecular weight is 363 g/mol. The van der Waals surface area contributed by atoms with Gasteiger partial charge in [-0.05, 0) is 67.6 Å². The number of benzene rings is 1. The van der Waals surface area contributed by atoms with Gasteiger partial charge in [-0.25, -0.2) is 4.98 Å². The zero-order chi connectivity index (χ0) is 18.4. The summed E-state index contributed by atoms with van der Waals surface area (Å²) < 4.78 is 13.6. The van der Waals surface area contributed by atoms with Crippen LogP contribution in [0.3, 0.4) is 0 Å². The van der Waals surface area contributed by atoms with E-state index in [1.165, 1.54) is 34.2 Å². The molecule has 1 aliphatic heterocycles. The topological polar surface area (TPSA) is 48.3 Å². The van der Waals surface area contributed by atoms with E-state index in [1.807, 2.05) is 12.3 Å². The molecule has 2 aliphatic rings. The first-order valence-electron chi connectivity index (χ1n) is 9.74. The number of aromatic nitrogens is 2. The lowest BCUT2D eigenvalue weighted by atomic mass is 9.91. The number of rotatable bonds is 3. The molecule has 1 atom stereocenters. The molecule has 140 valence electrons. The number of nitrogens with zero attached hydrogens (tertiary/aromatic N) is 2. The Morgan fingerprint density at radius 3 is 2.85 bits per heavy atom. The lowest BCUT2D eigenvalue weighted by Crippen LogP contribution is -2.31. The van der Waals surface area contributed by atoms with Crippen molar-refractivity contribution in [3.05, 3.63) is 52.8 Å². The molecule has 3 heterocycles. The molecule has 5 rings (SSSR count). The maximum Gasteiger partial charge on any atom is 0.161 e. The van der Waals surface area contributed by atoms with Crippen LogP contribution in [-0.2, 0) is 26.3 Å². The molecular formula is C22H25N3O2. The molecule has 1 aromatic carbocycles. The van der Waals surface area contributed by atoms with E-state index in [4.69, 9.17) is 14.5 Å². The van der Waals surface area contributed by atoms with Crippen LogP contribution in [0.15, 0.2) is 30.5 Å². The number of ether oxygens (including phenoxy) is 2. The molecule has 5 nitrogen and oxygen atoms in total. The normalized spacial score (nSPS) is 18.5. The first kappa shape index (κ1) is 16.6. The van der Waals surface area contributed by atoms with Gasteiger partial charge in [-0.3, -0.25) is 0 Å². The fraction of sp³-hybridized carbons (Fsp3) is 0.409. The highest BCUT2D eigenvalue weighted by Crippen LogP contribution is 2.33. The molecule has 27 heavy (non-hydrogen) atoms. The van der Waals surface area contributed by atoms with Crippen molar-refractivity contribution in [2.24, 2.45) is 7.05 Å². The van der Waals surface area contributed by atoms with Crippen molar-refractivity contribution in [3.8, 4) is 11.5 Å². The Kier molecular flexibility index (Phi) is 4.05. The van der Waals surface area contributed by atoms with E-state index >= 15 is 0 Å². The van der Waals surface area contributed by atoms with E-state index in [9.17, 15) is 0 Å². The fourth-order valence-corrected chi connectivity index (χ4v) is 4.46. The number of likely N-dealkylation sites (N-methyl/N-ethyl adjacent to an activating group) is 1. The van der Waals surface area contributed by atoms with Gasteiger partial charge < -0.3 is 19.4 Å². The van der Waals surface area contributed by atoms with Crippen LogP contribution >= 0.6 is 0 Å². The zero-order valence-electron chi connectivity index (χ0n) is 15.9. The van der Waals surface area contributed by atoms with Crippen LogP contribution in [0.4, 0.5) is 0 Å². The van der Waals surface area contributed by atoms with Crippen molar-refractivity contribution in [1.29, 1.82) is 0 Å². The van der Waals surface area contributed by atoms with Crippen LogP contribution in [0.5, 0.6) is 11.5 Å². The molecule has 1 unspecified atom stereocenters. The summed E-state index contributed by atoms with van der Waals surface area (Å²) >= 11 is 0. The predicted molar refractivity (Wildman–Crippen MR) is 106 cm³/mol. The molecule has 5 heteroatoms. The Bertz CT molecular complexity index is 1010. The molecule has 0 spiro atoms. The number of hydrogen-bond acceptors (Lipinski definition) is 4. The van der Waals surface area contributed by atoms with E-state index in [0.717, 1.165) is 36.4 Å². The molecule has 0 amide bonds. The summed E-state index contributed by atoms with van der Waals surface area (Å²) in [6, 6.07) is 9.11. The van der Waals surface area contributed by atoms with Gasteiger partial charge in [0.25, 0.3) is 0 Å². The Hall–Kier alpha value is -2.53. The SMILES string of the molecule is CNC1CCc2c(c3cc(Cc4ccc5c(c4)OCCO5)cnc3n2C)C1. The second kappa shape index (κ2) is 6.57. The Morgan fingerprint density at radius 2 is 2.00 bits per heavy atom. The van der Waals surface area contributed by atoms with E-state index < -0.39 is 0 Å². The Morgan fingerprint density at radius 1 is 1.15 bits per heavy atom. The third-order valence-corrected chi connectivity index (χ3v) is 5.92. The molecule has 0 saturated carbocycles. The largest absolute Gasteiger partial charge is 0.486 e. The zero-order valence-corrected chi connectivity index (χ0v) is 15.9. The van der Waals surface area contributed by atoms with Crippen LogP contribution < -0.4 is 14.8 Å². The monoisotopic (exact) mass is 363 g/mol. The standard InChI is InChI=1S/C22H25N3O2/c1-23-16-4-5-19-17(12-16)18-10-15(13-24-22(18)25(19)2)9-14-3-6-20-21(11-14)27-8-7-26-20/h3,6,10-11,13,16,23H,4-5,7-9,12H2,1-2H3. The van der Waals surface area contributed by atoms with Crippen molar-refractivity contribution in [1.82, 2.24) is 14.9 Å². The number of fused-ring (bicyclic) bond motifs is 4. The maximum absolute atomic E-state index is 5.72. The number of nitrogens with one attached hydrogen (secondary N) is 1. The van der Waals surface area contributed by atoms with Gasteiger partial charge in [-0.2, -0.15) is 0 Å². The van der Waals surface area contributed by atoms with Gasteiger partial charge in [0.05, 0.1) is 0 Å². The highest BCUT2D eigenvalue weighted by molar-refractivity contribution is 5.83. The number of hydrogen-bond donors (Lipinski definition) is 1. The summed E-state index contributed by atoms with van der Waals surface area (Å²) in [5, 5.41) is 4.75. The van der Waals surface area contributed by atoms with Crippen molar-refractivity contribution >= 4 is 11.0 Å². The third kappa shape index (κ3) is 2.86. The predicted octanol–water partition coefficient (Wildman–Crippen LogP) is 3.01. The van der Waals surface area contributed by atoms with Crippen molar-refractivity contribution < 1.29 is 9.47 Å². The maximum atomic E-state index is 5.72. The van der Waals surface area contributed by atoms with Crippen LogP contribution in [0.1, 0.15) is 28.8 Å². The highest BCUT2D eigenvalue weighted by atomic mass is 16.6. The summed E-state index contributed by atoms with van der Waals surface area (Å²) in [4.78, 5) is 4.81. The highest BCUT2D eigenvalue weighted by Gasteiger charge is 2.24. The van der Waals surface area contributed by atoms with Gasteiger partial charge in [0.1, 0.15) is 18.9 Å². The summed E-state index contributed by atoms with van der Waals surface area (Å²) in [5.41, 5.74) is 6.47. The van der Waals surface area contributed by atoms with Crippen molar-refractivity contribution in [2.45, 2.75) is 31.7 Å². The number of pyridine rings is 1. The van der Waals surface area contributed by atoms with E-state index in [0.29, 0.717) is 19.3 Å². The first-order valence-corrected chi connectivity index (χ1v) is 9.74. The minimum Gasteiger partial charge on any atom is -0.486 e.